The third kappa shape index (κ3) is 25.2. The molecule has 0 bridgehead atoms. The monoisotopic (exact) mass is 1640 g/mol. The molecule has 0 aliphatic heterocycles. The molecule has 3 aliphatic rings. The van der Waals surface area contributed by atoms with Crippen LogP contribution >= 0.6 is 10.7 Å². The number of benzene rings is 2. The number of esters is 3. The molecular weight excluding hydrogens is 1540 g/mol. The maximum atomic E-state index is 13.4. The van der Waals surface area contributed by atoms with Crippen molar-refractivity contribution >= 4 is 128 Å². The van der Waals surface area contributed by atoms with Crippen molar-refractivity contribution in [2.75, 3.05) is 74.2 Å². The van der Waals surface area contributed by atoms with Crippen LogP contribution in [0.25, 0.3) is 33.1 Å². The predicted octanol–water partition coefficient (Wildman–Crippen LogP) is 6.56. The first-order valence-corrected chi connectivity index (χ1v) is 44.1. The van der Waals surface area contributed by atoms with Crippen LogP contribution in [0.3, 0.4) is 0 Å². The second kappa shape index (κ2) is 40.3. The van der Waals surface area contributed by atoms with Gasteiger partial charge in [-0.1, -0.05) is 56.2 Å². The molecule has 0 radical (unpaired) electrons. The Hall–Kier alpha value is -6.16. The molecule has 108 heavy (non-hydrogen) atoms. The molecule has 0 atom stereocenters. The zero-order chi connectivity index (χ0) is 78.8. The molecule has 3 saturated carbocycles. The van der Waals surface area contributed by atoms with Gasteiger partial charge in [0, 0.05) is 82.1 Å². The van der Waals surface area contributed by atoms with Crippen LogP contribution in [0.15, 0.2) is 114 Å². The van der Waals surface area contributed by atoms with E-state index in [1.807, 2.05) is 19.9 Å². The number of ether oxygens (including phenoxy) is 3. The van der Waals surface area contributed by atoms with E-state index in [0.29, 0.717) is 91.3 Å². The number of carbonyl (C=O) groups excluding carboxylic acids is 3. The fourth-order valence-corrected chi connectivity index (χ4v) is 19.1. The van der Waals surface area contributed by atoms with Crippen LogP contribution in [0.5, 0.6) is 0 Å². The van der Waals surface area contributed by atoms with Crippen molar-refractivity contribution in [3.05, 3.63) is 132 Å². The van der Waals surface area contributed by atoms with Crippen molar-refractivity contribution in [3.63, 3.8) is 0 Å². The number of aromatic nitrogens is 6. The van der Waals surface area contributed by atoms with Gasteiger partial charge in [0.05, 0.1) is 63.9 Å². The van der Waals surface area contributed by atoms with Gasteiger partial charge in [0.1, 0.15) is 22.3 Å². The van der Waals surface area contributed by atoms with Gasteiger partial charge in [-0.15, -0.1) is 5.60 Å². The molecule has 3 aliphatic carbocycles. The summed E-state index contributed by atoms with van der Waals surface area (Å²) < 4.78 is 146. The Morgan fingerprint density at radius 2 is 0.815 bits per heavy atom. The Morgan fingerprint density at radius 1 is 0.509 bits per heavy atom. The topological polar surface area (TPSA) is 423 Å². The molecule has 8 N–H and O–H groups in total. The summed E-state index contributed by atoms with van der Waals surface area (Å²) in [6.07, 6.45) is 17.7. The van der Waals surface area contributed by atoms with Gasteiger partial charge in [-0.25, -0.2) is 88.8 Å². The van der Waals surface area contributed by atoms with Gasteiger partial charge in [-0.2, -0.15) is 0 Å². The first kappa shape index (κ1) is 90.7. The average molecular weight is 1640 g/mol. The number of hydrogen-bond acceptors (Lipinski definition) is 24. The van der Waals surface area contributed by atoms with E-state index in [-0.39, 0.29) is 150 Å². The van der Waals surface area contributed by atoms with Gasteiger partial charge in [0.2, 0.25) is 29.1 Å². The second-order valence-electron chi connectivity index (χ2n) is 27.3. The van der Waals surface area contributed by atoms with E-state index < -0.39 is 72.7 Å². The third-order valence-corrected chi connectivity index (χ3v) is 25.8. The van der Waals surface area contributed by atoms with Gasteiger partial charge < -0.3 is 46.0 Å². The average Bonchev–Trinajstić information content (AvgIpc) is 0.812. The number of nitrogens with two attached hydrogens (primary N) is 1. The SMILES string of the molecule is CC(C)(C)[O-].CCOC(=O)c1cnc2[nH]ccc2c1NC1CCC(CS(=O)(=O)NC)CC1.CCOC(=O)c1cnc2c(ccn2S(=O)(=O)c2ccc(C)cc2)c1NC1CCC(CS(=O)(=O)Cl)CC1.CCOC(=O)c1cnc2c(ccn2S(=O)(=O)c2ccc(C)cc2)c1NC1CCC(CS(=O)(=O)NC)CC1.CN.[K+]. The first-order valence-electron chi connectivity index (χ1n) is 35.4. The Morgan fingerprint density at radius 3 is 1.12 bits per heavy atom. The minimum atomic E-state index is -3.92. The molecule has 8 aromatic rings. The molecule has 2 aromatic carbocycles. The van der Waals surface area contributed by atoms with Crippen LogP contribution < -0.4 is 87.6 Å². The second-order valence-corrected chi connectivity index (χ2v) is 37.6. The minimum absolute atomic E-state index is 0. The molecule has 6 aromatic heterocycles. The van der Waals surface area contributed by atoms with Gasteiger partial charge in [-0.3, -0.25) is 0 Å². The van der Waals surface area contributed by atoms with Crippen molar-refractivity contribution in [2.24, 2.45) is 23.5 Å². The molecule has 29 nitrogen and oxygen atoms in total. The van der Waals surface area contributed by atoms with E-state index in [1.54, 1.807) is 108 Å². The number of nitrogens with zero attached hydrogens (tertiary/aromatic N) is 5. The summed E-state index contributed by atoms with van der Waals surface area (Å²) in [6, 6.07) is 18.3. The molecule has 11 rings (SSSR count). The summed E-state index contributed by atoms with van der Waals surface area (Å²) in [5, 5.41) is 22.2. The smallest absolute Gasteiger partial charge is 0.850 e. The van der Waals surface area contributed by atoms with Crippen LogP contribution in [0, 0.1) is 31.6 Å². The third-order valence-electron chi connectivity index (χ3n) is 18.1. The zero-order valence-electron chi connectivity index (χ0n) is 63.2. The van der Waals surface area contributed by atoms with Crippen LogP contribution in [0.1, 0.15) is 161 Å². The summed E-state index contributed by atoms with van der Waals surface area (Å²) in [6.45, 7) is 14.5. The summed E-state index contributed by atoms with van der Waals surface area (Å²) in [4.78, 5) is 54.1. The number of fused-ring (bicyclic) bond motifs is 3. The van der Waals surface area contributed by atoms with Crippen LogP contribution in [0.2, 0.25) is 0 Å². The van der Waals surface area contributed by atoms with E-state index in [1.165, 1.54) is 52.1 Å². The van der Waals surface area contributed by atoms with E-state index >= 15 is 0 Å². The van der Waals surface area contributed by atoms with Crippen LogP contribution in [0.4, 0.5) is 17.1 Å². The van der Waals surface area contributed by atoms with E-state index in [0.717, 1.165) is 55.8 Å². The molecule has 0 amide bonds. The van der Waals surface area contributed by atoms with Gasteiger partial charge in [0.25, 0.3) is 20.0 Å². The van der Waals surface area contributed by atoms with Crippen LogP contribution in [-0.2, 0) is 63.4 Å². The zero-order valence-corrected chi connectivity index (χ0v) is 71.1. The first-order chi connectivity index (χ1) is 50.5. The fraction of sp³-hybridized carbons (Fsp3) is 0.500. The number of carbonyl (C=O) groups is 3. The summed E-state index contributed by atoms with van der Waals surface area (Å²) >= 11 is 0. The maximum Gasteiger partial charge on any atom is 1.00 e. The Balaban J connectivity index is 0.000000244. The molecule has 0 saturated heterocycles. The van der Waals surface area contributed by atoms with E-state index in [9.17, 15) is 61.6 Å². The number of hydrogen-bond donors (Lipinski definition) is 7. The van der Waals surface area contributed by atoms with Gasteiger partial charge >= 0.3 is 69.3 Å². The molecule has 6 heterocycles. The summed E-state index contributed by atoms with van der Waals surface area (Å²) in [7, 11) is -8.08. The minimum Gasteiger partial charge on any atom is -0.850 e. The molecule has 3 fully saturated rings. The number of sulfonamides is 2. The molecular formula is C72H100ClKN12O17S5. The van der Waals surface area contributed by atoms with Crippen molar-refractivity contribution in [3.8, 4) is 0 Å². The number of aryl methyl sites for hydroxylation is 2. The normalized spacial score (nSPS) is 18.4. The van der Waals surface area contributed by atoms with Gasteiger partial charge in [0.15, 0.2) is 11.3 Å². The molecule has 588 valence electrons. The molecule has 0 spiro atoms. The van der Waals surface area contributed by atoms with Crippen molar-refractivity contribution in [2.45, 2.75) is 166 Å². The van der Waals surface area contributed by atoms with Gasteiger partial charge in [-0.05, 0) is 193 Å². The Kier molecular flexibility index (Phi) is 33.9. The standard InChI is InChI=1S/C25H32N4O6S2.C24H28ClN3O6S2.C18H26N4O4S.C4H9O.CH5N.K/c1-4-35-25(30)22-15-27-24-21(13-14-29(24)37(33,34)20-11-5-17(2)6-12-20)23(22)28-19-9-7-18(8-10-19)16-36(31,32)26-3;1-3-34-24(29)21-14-26-23-20(12-13-28(23)36(32,33)19-10-4-16(2)5-11-19)22(21)27-18-8-6-17(7-9-18)15-35(25,30)31;1-3-26-18(23)15-10-21-17-14(8-9-20-17)16(15)22-13-6-4-12(5-7-13)11-27(24,25)19-2;1-4(2,3)5;1-2;/h5-6,11-15,18-19,26H,4,7-10,16H2,1-3H3,(H,27,28);4-5,10-14,17-18H,3,6-9,15H2,1-2H3,(H,26,27);8-10,12-13,19H,3-7,11H2,1-2H3,(H2,20,21,22);1-3H3;2H2,1H3;/q;;;-1;;+1. The Bertz CT molecular complexity index is 4930. The number of pyridine rings is 3. The maximum absolute atomic E-state index is 13.4. The largest absolute Gasteiger partial charge is 1.00 e. The number of anilines is 3. The summed E-state index contributed by atoms with van der Waals surface area (Å²) in [5.41, 5.74) is 9.22. The molecule has 0 unspecified atom stereocenters. The number of nitrogens with one attached hydrogen (secondary N) is 6. The fourth-order valence-electron chi connectivity index (χ4n) is 12.8. The molecule has 36 heteroatoms. The number of H-pyrrole nitrogens is 1. The quantitative estimate of drug-likeness (QED) is 0.0146. The van der Waals surface area contributed by atoms with Crippen LogP contribution in [-0.4, -0.2) is 170 Å². The van der Waals surface area contributed by atoms with E-state index in [2.05, 4.69) is 51.1 Å². The van der Waals surface area contributed by atoms with Crippen molar-refractivity contribution in [1.82, 2.24) is 37.3 Å². The van der Waals surface area contributed by atoms with Crippen molar-refractivity contribution < 1.29 is 127 Å². The summed E-state index contributed by atoms with van der Waals surface area (Å²) in [5.74, 6) is -1.13. The Labute approximate surface area is 681 Å². The number of halogens is 1. The predicted molar refractivity (Wildman–Crippen MR) is 414 cm³/mol. The number of aromatic amines is 1. The number of rotatable bonds is 24. The van der Waals surface area contributed by atoms with E-state index in [4.69, 9.17) is 24.9 Å². The van der Waals surface area contributed by atoms with Crippen molar-refractivity contribution in [1.29, 1.82) is 0 Å².